The van der Waals surface area contributed by atoms with Crippen LogP contribution in [0.3, 0.4) is 0 Å². The molecule has 1 rings (SSSR count). The highest BCUT2D eigenvalue weighted by Crippen LogP contribution is 2.26. The first kappa shape index (κ1) is 64.9. The first-order valence-corrected chi connectivity index (χ1v) is 28.8. The summed E-state index contributed by atoms with van der Waals surface area (Å²) in [6, 6.07) is -1.02. The Bertz CT molecular complexity index is 1260. The number of allylic oxidation sites excluding steroid dienone is 5. The smallest absolute Gasteiger partial charge is 0.306 e. The molecule has 1 saturated heterocycles. The average Bonchev–Trinajstić information content (AvgIpc) is 3.34. The van der Waals surface area contributed by atoms with Gasteiger partial charge in [-0.25, -0.2) is 0 Å². The molecule has 11 heteroatoms. The summed E-state index contributed by atoms with van der Waals surface area (Å²) in [4.78, 5) is 26.4. The quantitative estimate of drug-likeness (QED) is 0.0149. The van der Waals surface area contributed by atoms with E-state index in [-0.39, 0.29) is 13.0 Å². The topological polar surface area (TPSA) is 175 Å². The number of aliphatic hydroxyl groups excluding tert-OH is 5. The lowest BCUT2D eigenvalue weighted by Gasteiger charge is -2.41. The van der Waals surface area contributed by atoms with Gasteiger partial charge in [0, 0.05) is 6.42 Å². The fourth-order valence-electron chi connectivity index (χ4n) is 8.94. The van der Waals surface area contributed by atoms with E-state index in [1.165, 1.54) is 128 Å². The van der Waals surface area contributed by atoms with Crippen LogP contribution in [0.2, 0.25) is 0 Å². The lowest BCUT2D eigenvalue weighted by molar-refractivity contribution is -0.305. The van der Waals surface area contributed by atoms with Gasteiger partial charge in [-0.1, -0.05) is 237 Å². The van der Waals surface area contributed by atoms with Crippen molar-refractivity contribution in [1.82, 2.24) is 5.32 Å². The van der Waals surface area contributed by atoms with Crippen LogP contribution in [0.5, 0.6) is 0 Å². The van der Waals surface area contributed by atoms with Crippen molar-refractivity contribution in [1.29, 1.82) is 0 Å². The van der Waals surface area contributed by atoms with E-state index in [0.29, 0.717) is 19.3 Å². The number of carbonyl (C=O) groups is 2. The Hall–Kier alpha value is -2.12. The molecule has 6 N–H and O–H groups in total. The highest BCUT2D eigenvalue weighted by molar-refractivity contribution is 5.80. The standard InChI is InChI=1S/C58H107NO10/c1-4-7-10-13-16-19-22-24-26-28-31-34-37-40-43-46-53(63)69-56-55(65)54(64)52(47-60)68-58(56)67-48-49(50(61)44-41-38-35-32-29-21-18-15-12-9-6-3)59-57(66)51(62)45-42-39-36-33-30-27-25-23-20-17-14-11-8-5-2/h16,19,22,24,41,44,49-52,54-56,58,60-62,64-65H,4-15,17-18,20-21,23,25-40,42-43,45-48H2,1-3H3,(H,59,66)/b19-16+,24-22+,44-41+. The van der Waals surface area contributed by atoms with Gasteiger partial charge < -0.3 is 45.1 Å². The summed E-state index contributed by atoms with van der Waals surface area (Å²) in [6.07, 6.45) is 43.3. The number of carbonyl (C=O) groups excluding carboxylic acids is 2. The van der Waals surface area contributed by atoms with E-state index >= 15 is 0 Å². The minimum Gasteiger partial charge on any atom is -0.454 e. The fourth-order valence-corrected chi connectivity index (χ4v) is 8.94. The average molecular weight is 978 g/mol. The molecule has 11 nitrogen and oxygen atoms in total. The molecule has 1 heterocycles. The third kappa shape index (κ3) is 35.6. The first-order chi connectivity index (χ1) is 33.7. The van der Waals surface area contributed by atoms with Crippen LogP contribution < -0.4 is 5.32 Å². The van der Waals surface area contributed by atoms with E-state index in [4.69, 9.17) is 14.2 Å². The lowest BCUT2D eigenvalue weighted by Crippen LogP contribution is -2.61. The van der Waals surface area contributed by atoms with Crippen LogP contribution in [0.4, 0.5) is 0 Å². The van der Waals surface area contributed by atoms with Crippen molar-refractivity contribution in [2.75, 3.05) is 13.2 Å². The van der Waals surface area contributed by atoms with E-state index in [9.17, 15) is 35.1 Å². The Labute approximate surface area is 422 Å². The summed E-state index contributed by atoms with van der Waals surface area (Å²) in [5, 5.41) is 56.7. The number of amides is 1. The van der Waals surface area contributed by atoms with Crippen molar-refractivity contribution in [3.05, 3.63) is 36.5 Å². The van der Waals surface area contributed by atoms with E-state index < -0.39 is 67.4 Å². The van der Waals surface area contributed by atoms with Gasteiger partial charge in [-0.3, -0.25) is 9.59 Å². The van der Waals surface area contributed by atoms with Crippen LogP contribution in [0, 0.1) is 0 Å². The van der Waals surface area contributed by atoms with E-state index in [2.05, 4.69) is 50.4 Å². The molecule has 69 heavy (non-hydrogen) atoms. The summed E-state index contributed by atoms with van der Waals surface area (Å²) in [5.41, 5.74) is 0. The number of aliphatic hydroxyl groups is 5. The maximum atomic E-state index is 13.4. The molecular formula is C58H107NO10. The molecule has 1 aliphatic rings. The third-order valence-electron chi connectivity index (χ3n) is 13.6. The van der Waals surface area contributed by atoms with Crippen LogP contribution in [-0.2, 0) is 23.8 Å². The summed E-state index contributed by atoms with van der Waals surface area (Å²) in [5.74, 6) is -1.20. The predicted molar refractivity (Wildman–Crippen MR) is 283 cm³/mol. The van der Waals surface area contributed by atoms with Crippen molar-refractivity contribution >= 4 is 11.9 Å². The van der Waals surface area contributed by atoms with Gasteiger partial charge in [0.2, 0.25) is 5.91 Å². The molecule has 0 aromatic carbocycles. The molecule has 0 aromatic rings. The Morgan fingerprint density at radius 2 is 0.986 bits per heavy atom. The van der Waals surface area contributed by atoms with Crippen LogP contribution in [-0.4, -0.2) is 99.6 Å². The second-order valence-corrected chi connectivity index (χ2v) is 20.1. The van der Waals surface area contributed by atoms with Gasteiger partial charge in [-0.2, -0.15) is 0 Å². The van der Waals surface area contributed by atoms with Crippen molar-refractivity contribution in [3.8, 4) is 0 Å². The normalized spacial score (nSPS) is 20.0. The molecule has 1 amide bonds. The number of unbranched alkanes of at least 4 members (excludes halogenated alkanes) is 31. The zero-order valence-electron chi connectivity index (χ0n) is 44.4. The Morgan fingerprint density at radius 1 is 0.565 bits per heavy atom. The molecule has 404 valence electrons. The first-order valence-electron chi connectivity index (χ1n) is 28.8. The molecule has 0 aliphatic carbocycles. The Balaban J connectivity index is 2.73. The van der Waals surface area contributed by atoms with Gasteiger partial charge in [0.05, 0.1) is 25.4 Å². The van der Waals surface area contributed by atoms with Crippen molar-refractivity contribution < 1.29 is 49.3 Å². The number of hydrogen-bond acceptors (Lipinski definition) is 10. The number of ether oxygens (including phenoxy) is 3. The van der Waals surface area contributed by atoms with Crippen molar-refractivity contribution in [2.45, 2.75) is 307 Å². The van der Waals surface area contributed by atoms with Crippen LogP contribution in [0.25, 0.3) is 0 Å². The van der Waals surface area contributed by atoms with Gasteiger partial charge in [-0.05, 0) is 51.4 Å². The van der Waals surface area contributed by atoms with Crippen LogP contribution >= 0.6 is 0 Å². The molecule has 0 bridgehead atoms. The zero-order chi connectivity index (χ0) is 50.4. The number of nitrogens with one attached hydrogen (secondary N) is 1. The molecule has 0 aromatic heterocycles. The SMILES string of the molecule is CCCCC/C=C/C=C/CCCCCCCCC(=O)OC1C(OCC(NC(=O)C(O)CCCCCCCCCCCCCCCC)C(O)/C=C/CCCCCCCCCCC)OC(CO)C(O)C1O. The van der Waals surface area contributed by atoms with Gasteiger partial charge in [0.25, 0.3) is 0 Å². The van der Waals surface area contributed by atoms with E-state index in [0.717, 1.165) is 83.5 Å². The minimum atomic E-state index is -1.61. The zero-order valence-corrected chi connectivity index (χ0v) is 44.4. The molecule has 0 spiro atoms. The Kier molecular flexibility index (Phi) is 44.1. The molecule has 0 saturated carbocycles. The van der Waals surface area contributed by atoms with Gasteiger partial charge in [-0.15, -0.1) is 0 Å². The molecule has 0 radical (unpaired) electrons. The highest BCUT2D eigenvalue weighted by Gasteiger charge is 2.47. The van der Waals surface area contributed by atoms with Crippen molar-refractivity contribution in [2.24, 2.45) is 0 Å². The fraction of sp³-hybridized carbons (Fsp3) is 0.862. The van der Waals surface area contributed by atoms with Gasteiger partial charge >= 0.3 is 5.97 Å². The van der Waals surface area contributed by atoms with Crippen LogP contribution in [0.1, 0.15) is 258 Å². The van der Waals surface area contributed by atoms with Gasteiger partial charge in [0.1, 0.15) is 24.4 Å². The third-order valence-corrected chi connectivity index (χ3v) is 13.6. The second kappa shape index (κ2) is 46.9. The molecule has 8 atom stereocenters. The molecule has 1 fully saturated rings. The lowest BCUT2D eigenvalue weighted by atomic mass is 9.99. The summed E-state index contributed by atoms with van der Waals surface area (Å²) in [7, 11) is 0. The summed E-state index contributed by atoms with van der Waals surface area (Å²) in [6.45, 7) is 5.74. The monoisotopic (exact) mass is 978 g/mol. The van der Waals surface area contributed by atoms with E-state index in [1.54, 1.807) is 6.08 Å². The predicted octanol–water partition coefficient (Wildman–Crippen LogP) is 12.7. The number of esters is 1. The highest BCUT2D eigenvalue weighted by atomic mass is 16.7. The largest absolute Gasteiger partial charge is 0.454 e. The van der Waals surface area contributed by atoms with Crippen LogP contribution in [0.15, 0.2) is 36.5 Å². The molecule has 1 aliphatic heterocycles. The second-order valence-electron chi connectivity index (χ2n) is 20.1. The Morgan fingerprint density at radius 3 is 1.48 bits per heavy atom. The molecule has 8 unspecified atom stereocenters. The van der Waals surface area contributed by atoms with Crippen molar-refractivity contribution in [3.63, 3.8) is 0 Å². The maximum absolute atomic E-state index is 13.4. The maximum Gasteiger partial charge on any atom is 0.306 e. The summed E-state index contributed by atoms with van der Waals surface area (Å²) < 4.78 is 17.6. The summed E-state index contributed by atoms with van der Waals surface area (Å²) >= 11 is 0. The number of rotatable bonds is 48. The number of hydrogen-bond donors (Lipinski definition) is 6. The minimum absolute atomic E-state index is 0.112. The van der Waals surface area contributed by atoms with E-state index in [1.807, 2.05) is 6.08 Å². The van der Waals surface area contributed by atoms with Gasteiger partial charge in [0.15, 0.2) is 12.4 Å². The molecular weight excluding hydrogens is 871 g/mol.